The van der Waals surface area contributed by atoms with Crippen LogP contribution in [-0.2, 0) is 23.8 Å². The number of hydrogen-bond acceptors (Lipinski definition) is 2. The highest BCUT2D eigenvalue weighted by molar-refractivity contribution is 5.41. The summed E-state index contributed by atoms with van der Waals surface area (Å²) in [6.45, 7) is 0. The Balaban J connectivity index is 2.31. The molecule has 0 spiro atoms. The van der Waals surface area contributed by atoms with Gasteiger partial charge in [-0.1, -0.05) is 6.07 Å². The van der Waals surface area contributed by atoms with Crippen molar-refractivity contribution < 1.29 is 18.0 Å². The topological polar surface area (TPSA) is 29.4 Å². The lowest BCUT2D eigenvalue weighted by Crippen LogP contribution is -2.05. The predicted octanol–water partition coefficient (Wildman–Crippen LogP) is 2.51. The lowest BCUT2D eigenvalue weighted by Gasteiger charge is -2.07. The molecule has 0 saturated carbocycles. The number of fused-ring (bicyclic) bond motifs is 1. The van der Waals surface area contributed by atoms with Gasteiger partial charge < -0.3 is 0 Å². The van der Waals surface area contributed by atoms with Crippen molar-refractivity contribution in [3.63, 3.8) is 0 Å². The lowest BCUT2D eigenvalue weighted by atomic mass is 10.1. The molecule has 0 N–H and O–H groups in total. The Bertz CT molecular complexity index is 461. The molecule has 2 rings (SSSR count). The number of carbonyl (C=O) groups excluding carboxylic acids is 1. The van der Waals surface area contributed by atoms with E-state index in [4.69, 9.17) is 0 Å². The molecule has 1 aliphatic carbocycles. The fourth-order valence-corrected chi connectivity index (χ4v) is 1.94. The average Bonchev–Trinajstić information content (AvgIpc) is 2.57. The van der Waals surface area contributed by atoms with Crippen LogP contribution in [0.15, 0.2) is 23.2 Å². The van der Waals surface area contributed by atoms with Gasteiger partial charge in [0, 0.05) is 0 Å². The van der Waals surface area contributed by atoms with Gasteiger partial charge in [-0.3, -0.25) is 0 Å². The first kappa shape index (κ1) is 10.9. The van der Waals surface area contributed by atoms with E-state index in [1.54, 1.807) is 0 Å². The summed E-state index contributed by atoms with van der Waals surface area (Å²) in [6.07, 6.45) is -1.98. The van der Waals surface area contributed by atoms with Crippen molar-refractivity contribution in [2.75, 3.05) is 0 Å². The fourth-order valence-electron chi connectivity index (χ4n) is 1.94. The Kier molecular flexibility index (Phi) is 2.56. The summed E-state index contributed by atoms with van der Waals surface area (Å²) in [5.41, 5.74) is 0.804. The Labute approximate surface area is 89.8 Å². The van der Waals surface area contributed by atoms with E-state index in [1.165, 1.54) is 12.1 Å². The van der Waals surface area contributed by atoms with Gasteiger partial charge in [-0.2, -0.15) is 13.2 Å². The molecule has 0 radical (unpaired) electrons. The fraction of sp³-hybridized carbons (Fsp3) is 0.364. The molecule has 1 aromatic carbocycles. The minimum absolute atomic E-state index is 0.254. The molecule has 0 amide bonds. The summed E-state index contributed by atoms with van der Waals surface area (Å²) >= 11 is 0. The van der Waals surface area contributed by atoms with Gasteiger partial charge in [-0.05, 0) is 36.1 Å². The number of benzene rings is 1. The molecule has 5 heteroatoms. The van der Waals surface area contributed by atoms with Gasteiger partial charge in [0.1, 0.15) is 0 Å². The van der Waals surface area contributed by atoms with Crippen molar-refractivity contribution in [2.24, 2.45) is 4.99 Å². The summed E-state index contributed by atoms with van der Waals surface area (Å²) < 4.78 is 37.2. The molecule has 0 heterocycles. The van der Waals surface area contributed by atoms with Crippen LogP contribution in [0.4, 0.5) is 13.2 Å². The number of halogens is 3. The van der Waals surface area contributed by atoms with Gasteiger partial charge in [-0.25, -0.2) is 9.79 Å². The number of alkyl halides is 3. The van der Waals surface area contributed by atoms with Crippen molar-refractivity contribution in [3.05, 3.63) is 34.9 Å². The van der Waals surface area contributed by atoms with E-state index in [9.17, 15) is 18.0 Å². The van der Waals surface area contributed by atoms with Crippen LogP contribution >= 0.6 is 0 Å². The third-order valence-electron chi connectivity index (χ3n) is 2.68. The van der Waals surface area contributed by atoms with Crippen LogP contribution in [0.1, 0.15) is 16.7 Å². The van der Waals surface area contributed by atoms with Crippen LogP contribution in [0.2, 0.25) is 0 Å². The van der Waals surface area contributed by atoms with Crippen LogP contribution in [-0.4, -0.2) is 12.1 Å². The van der Waals surface area contributed by atoms with Gasteiger partial charge >= 0.3 is 6.18 Å². The maximum Gasteiger partial charge on any atom is 0.416 e. The van der Waals surface area contributed by atoms with Gasteiger partial charge in [0.25, 0.3) is 0 Å². The number of aliphatic imine (C=N–C) groups is 1. The number of isocyanates is 1. The van der Waals surface area contributed by atoms with Crippen molar-refractivity contribution in [1.82, 2.24) is 0 Å². The SMILES string of the molecule is O=C=NC1Cc2ccc(C(F)(F)F)cc2C1. The second kappa shape index (κ2) is 3.76. The van der Waals surface area contributed by atoms with Gasteiger partial charge in [0.15, 0.2) is 0 Å². The Morgan fingerprint density at radius 3 is 2.56 bits per heavy atom. The molecule has 0 aromatic heterocycles. The molecule has 1 unspecified atom stereocenters. The lowest BCUT2D eigenvalue weighted by molar-refractivity contribution is -0.137. The zero-order chi connectivity index (χ0) is 11.8. The first-order chi connectivity index (χ1) is 7.50. The average molecular weight is 227 g/mol. The summed E-state index contributed by atoms with van der Waals surface area (Å²) in [5, 5.41) is 0. The zero-order valence-electron chi connectivity index (χ0n) is 8.21. The largest absolute Gasteiger partial charge is 0.416 e. The van der Waals surface area contributed by atoms with Gasteiger partial charge in [0.05, 0.1) is 11.6 Å². The van der Waals surface area contributed by atoms with E-state index in [-0.39, 0.29) is 6.04 Å². The molecular weight excluding hydrogens is 219 g/mol. The molecule has 1 aromatic rings. The molecule has 0 fully saturated rings. The molecule has 2 nitrogen and oxygen atoms in total. The van der Waals surface area contributed by atoms with Crippen molar-refractivity contribution in [1.29, 1.82) is 0 Å². The first-order valence-electron chi connectivity index (χ1n) is 4.76. The highest BCUT2D eigenvalue weighted by Gasteiger charge is 2.32. The predicted molar refractivity (Wildman–Crippen MR) is 50.8 cm³/mol. The first-order valence-corrected chi connectivity index (χ1v) is 4.76. The van der Waals surface area contributed by atoms with E-state index >= 15 is 0 Å². The normalized spacial score (nSPS) is 19.1. The van der Waals surface area contributed by atoms with E-state index in [0.29, 0.717) is 18.4 Å². The Morgan fingerprint density at radius 1 is 1.25 bits per heavy atom. The van der Waals surface area contributed by atoms with E-state index in [2.05, 4.69) is 4.99 Å². The second-order valence-electron chi connectivity index (χ2n) is 3.76. The summed E-state index contributed by atoms with van der Waals surface area (Å²) in [5.74, 6) is 0. The summed E-state index contributed by atoms with van der Waals surface area (Å²) in [6, 6.07) is 3.40. The van der Waals surface area contributed by atoms with Crippen LogP contribution in [0.25, 0.3) is 0 Å². The van der Waals surface area contributed by atoms with Crippen LogP contribution in [0.5, 0.6) is 0 Å². The third-order valence-corrected chi connectivity index (χ3v) is 2.68. The van der Waals surface area contributed by atoms with Gasteiger partial charge in [-0.15, -0.1) is 0 Å². The molecule has 0 aliphatic heterocycles. The smallest absolute Gasteiger partial charge is 0.211 e. The summed E-state index contributed by atoms with van der Waals surface area (Å²) in [7, 11) is 0. The highest BCUT2D eigenvalue weighted by atomic mass is 19.4. The molecule has 1 aliphatic rings. The minimum atomic E-state index is -4.32. The van der Waals surface area contributed by atoms with Crippen molar-refractivity contribution in [2.45, 2.75) is 25.1 Å². The maximum atomic E-state index is 12.4. The summed E-state index contributed by atoms with van der Waals surface area (Å²) in [4.78, 5) is 13.6. The quantitative estimate of drug-likeness (QED) is 0.535. The number of nitrogens with zero attached hydrogens (tertiary/aromatic N) is 1. The third kappa shape index (κ3) is 1.99. The molecule has 0 saturated heterocycles. The van der Waals surface area contributed by atoms with E-state index in [1.807, 2.05) is 0 Å². The number of hydrogen-bond donors (Lipinski definition) is 0. The Morgan fingerprint density at radius 2 is 1.94 bits per heavy atom. The zero-order valence-corrected chi connectivity index (χ0v) is 8.21. The molecule has 16 heavy (non-hydrogen) atoms. The van der Waals surface area contributed by atoms with Crippen LogP contribution in [0.3, 0.4) is 0 Å². The molecular formula is C11H8F3NO. The second-order valence-corrected chi connectivity index (χ2v) is 3.76. The molecule has 1 atom stereocenters. The monoisotopic (exact) mass is 227 g/mol. The van der Waals surface area contributed by atoms with E-state index < -0.39 is 11.7 Å². The van der Waals surface area contributed by atoms with Crippen LogP contribution in [0, 0.1) is 0 Å². The Hall–Kier alpha value is -1.61. The van der Waals surface area contributed by atoms with Crippen molar-refractivity contribution >= 4 is 6.08 Å². The molecule has 84 valence electrons. The minimum Gasteiger partial charge on any atom is -0.211 e. The van der Waals surface area contributed by atoms with Gasteiger partial charge in [0.2, 0.25) is 6.08 Å². The van der Waals surface area contributed by atoms with Crippen molar-refractivity contribution in [3.8, 4) is 0 Å². The number of rotatable bonds is 1. The maximum absolute atomic E-state index is 12.4. The highest BCUT2D eigenvalue weighted by Crippen LogP contribution is 2.33. The standard InChI is InChI=1S/C11H8F3NO/c12-11(13,14)9-2-1-7-4-10(15-6-16)5-8(7)3-9/h1-3,10H,4-5H2. The van der Waals surface area contributed by atoms with Crippen LogP contribution < -0.4 is 0 Å². The molecule has 0 bridgehead atoms. The van der Waals surface area contributed by atoms with E-state index in [0.717, 1.165) is 17.7 Å².